The van der Waals surface area contributed by atoms with Crippen molar-refractivity contribution in [2.45, 2.75) is 63.9 Å². The van der Waals surface area contributed by atoms with Gasteiger partial charge in [0.2, 0.25) is 0 Å². The van der Waals surface area contributed by atoms with Gasteiger partial charge in [-0.25, -0.2) is 9.97 Å². The molecule has 0 spiro atoms. The highest BCUT2D eigenvalue weighted by atomic mass is 32.2. The molecule has 0 radical (unpaired) electrons. The molecule has 1 fully saturated rings. The van der Waals surface area contributed by atoms with Gasteiger partial charge in [0.15, 0.2) is 0 Å². The van der Waals surface area contributed by atoms with Crippen LogP contribution in [0.3, 0.4) is 0 Å². The predicted molar refractivity (Wildman–Crippen MR) is 83.8 cm³/mol. The fraction of sp³-hybridized carbons (Fsp3) is 0.733. The lowest BCUT2D eigenvalue weighted by Crippen LogP contribution is -2.09. The quantitative estimate of drug-likeness (QED) is 0.851. The van der Waals surface area contributed by atoms with Gasteiger partial charge in [-0.2, -0.15) is 11.8 Å². The Bertz CT molecular complexity index is 414. The van der Waals surface area contributed by atoms with Crippen LogP contribution in [-0.4, -0.2) is 21.8 Å². The highest BCUT2D eigenvalue weighted by molar-refractivity contribution is 7.99. The molecule has 0 saturated heterocycles. The van der Waals surface area contributed by atoms with Crippen molar-refractivity contribution in [3.63, 3.8) is 0 Å². The van der Waals surface area contributed by atoms with Crippen LogP contribution in [0, 0.1) is 13.8 Å². The number of thioether (sulfide) groups is 1. The van der Waals surface area contributed by atoms with E-state index in [1.165, 1.54) is 31.2 Å². The zero-order chi connectivity index (χ0) is 13.7. The Labute approximate surface area is 121 Å². The number of rotatable bonds is 6. The molecule has 4 heteroatoms. The van der Waals surface area contributed by atoms with E-state index >= 15 is 0 Å². The van der Waals surface area contributed by atoms with E-state index in [1.54, 1.807) is 0 Å². The molecule has 0 aromatic carbocycles. The summed E-state index contributed by atoms with van der Waals surface area (Å²) in [5.74, 6) is 2.96. The van der Waals surface area contributed by atoms with E-state index in [9.17, 15) is 0 Å². The maximum Gasteiger partial charge on any atom is 0.140 e. The predicted octanol–water partition coefficient (Wildman–Crippen LogP) is 4.09. The Hall–Kier alpha value is -0.770. The molecule has 0 bridgehead atoms. The summed E-state index contributed by atoms with van der Waals surface area (Å²) >= 11 is 2.03. The minimum absolute atomic E-state index is 0.831. The van der Waals surface area contributed by atoms with E-state index in [2.05, 4.69) is 36.1 Å². The standard InChI is InChI=1S/C15H25N3S/c1-4-9-16-15-11(2)12(3)17-14(18-15)10-19-13-7-5-6-8-13/h13H,4-10H2,1-3H3,(H,16,17,18). The topological polar surface area (TPSA) is 37.8 Å². The van der Waals surface area contributed by atoms with Gasteiger partial charge in [0.1, 0.15) is 11.6 Å². The number of aryl methyl sites for hydroxylation is 1. The van der Waals surface area contributed by atoms with Gasteiger partial charge in [0, 0.05) is 23.1 Å². The summed E-state index contributed by atoms with van der Waals surface area (Å²) < 4.78 is 0. The van der Waals surface area contributed by atoms with Gasteiger partial charge in [-0.3, -0.25) is 0 Å². The van der Waals surface area contributed by atoms with Crippen LogP contribution in [0.1, 0.15) is 56.1 Å². The van der Waals surface area contributed by atoms with Gasteiger partial charge in [0.05, 0.1) is 5.75 Å². The van der Waals surface area contributed by atoms with Gasteiger partial charge in [-0.1, -0.05) is 19.8 Å². The van der Waals surface area contributed by atoms with Crippen LogP contribution in [0.2, 0.25) is 0 Å². The fourth-order valence-corrected chi connectivity index (χ4v) is 3.59. The maximum atomic E-state index is 4.69. The normalized spacial score (nSPS) is 15.9. The van der Waals surface area contributed by atoms with Crippen molar-refractivity contribution in [1.29, 1.82) is 0 Å². The van der Waals surface area contributed by atoms with Crippen molar-refractivity contribution in [1.82, 2.24) is 9.97 Å². The molecule has 1 aromatic rings. The number of nitrogens with zero attached hydrogens (tertiary/aromatic N) is 2. The molecule has 1 saturated carbocycles. The summed E-state index contributed by atoms with van der Waals surface area (Å²) in [6.07, 6.45) is 6.66. The van der Waals surface area contributed by atoms with Gasteiger partial charge in [-0.15, -0.1) is 0 Å². The number of hydrogen-bond donors (Lipinski definition) is 1. The molecule has 0 atom stereocenters. The van der Waals surface area contributed by atoms with Gasteiger partial charge in [0.25, 0.3) is 0 Å². The highest BCUT2D eigenvalue weighted by Crippen LogP contribution is 2.31. The van der Waals surface area contributed by atoms with Crippen molar-refractivity contribution in [3.05, 3.63) is 17.1 Å². The molecule has 1 N–H and O–H groups in total. The Morgan fingerprint density at radius 1 is 1.21 bits per heavy atom. The Balaban J connectivity index is 2.00. The molecule has 0 amide bonds. The van der Waals surface area contributed by atoms with Crippen LogP contribution in [0.15, 0.2) is 0 Å². The van der Waals surface area contributed by atoms with Crippen LogP contribution < -0.4 is 5.32 Å². The van der Waals surface area contributed by atoms with E-state index in [-0.39, 0.29) is 0 Å². The second kappa shape index (κ2) is 7.13. The van der Waals surface area contributed by atoms with Crippen molar-refractivity contribution in [2.24, 2.45) is 0 Å². The molecule has 2 rings (SSSR count). The first-order valence-electron chi connectivity index (χ1n) is 7.40. The molecule has 1 heterocycles. The molecule has 19 heavy (non-hydrogen) atoms. The number of anilines is 1. The summed E-state index contributed by atoms with van der Waals surface area (Å²) in [6, 6.07) is 0. The first-order chi connectivity index (χ1) is 9.20. The third kappa shape index (κ3) is 4.10. The van der Waals surface area contributed by atoms with Crippen molar-refractivity contribution < 1.29 is 0 Å². The molecule has 1 aliphatic rings. The van der Waals surface area contributed by atoms with Gasteiger partial charge >= 0.3 is 0 Å². The van der Waals surface area contributed by atoms with Crippen molar-refractivity contribution >= 4 is 17.6 Å². The average Bonchev–Trinajstić information content (AvgIpc) is 2.91. The molecule has 3 nitrogen and oxygen atoms in total. The third-order valence-corrected chi connectivity index (χ3v) is 5.10. The minimum Gasteiger partial charge on any atom is -0.370 e. The van der Waals surface area contributed by atoms with E-state index in [0.717, 1.165) is 41.3 Å². The second-order valence-corrected chi connectivity index (χ2v) is 6.63. The van der Waals surface area contributed by atoms with Crippen molar-refractivity contribution in [2.75, 3.05) is 11.9 Å². The summed E-state index contributed by atoms with van der Waals surface area (Å²) in [5, 5.41) is 4.24. The molecule has 106 valence electrons. The summed E-state index contributed by atoms with van der Waals surface area (Å²) in [4.78, 5) is 9.32. The lowest BCUT2D eigenvalue weighted by Gasteiger charge is -2.13. The highest BCUT2D eigenvalue weighted by Gasteiger charge is 2.16. The van der Waals surface area contributed by atoms with E-state index in [0.29, 0.717) is 0 Å². The lowest BCUT2D eigenvalue weighted by molar-refractivity contribution is 0.886. The van der Waals surface area contributed by atoms with E-state index in [4.69, 9.17) is 0 Å². The third-order valence-electron chi connectivity index (χ3n) is 3.73. The average molecular weight is 279 g/mol. The lowest BCUT2D eigenvalue weighted by atomic mass is 10.2. The first kappa shape index (κ1) is 14.6. The molecular weight excluding hydrogens is 254 g/mol. The zero-order valence-electron chi connectivity index (χ0n) is 12.3. The smallest absolute Gasteiger partial charge is 0.140 e. The second-order valence-electron chi connectivity index (χ2n) is 5.34. The largest absolute Gasteiger partial charge is 0.370 e. The van der Waals surface area contributed by atoms with Crippen LogP contribution in [-0.2, 0) is 5.75 Å². The SMILES string of the molecule is CCCNc1nc(CSC2CCCC2)nc(C)c1C. The summed E-state index contributed by atoms with van der Waals surface area (Å²) in [6.45, 7) is 7.33. The zero-order valence-corrected chi connectivity index (χ0v) is 13.1. The van der Waals surface area contributed by atoms with Crippen LogP contribution in [0.5, 0.6) is 0 Å². The fourth-order valence-electron chi connectivity index (χ4n) is 2.41. The molecule has 1 aromatic heterocycles. The Morgan fingerprint density at radius 3 is 2.63 bits per heavy atom. The Morgan fingerprint density at radius 2 is 1.95 bits per heavy atom. The summed E-state index contributed by atoms with van der Waals surface area (Å²) in [7, 11) is 0. The van der Waals surface area contributed by atoms with Gasteiger partial charge < -0.3 is 5.32 Å². The minimum atomic E-state index is 0.831. The Kier molecular flexibility index (Phi) is 5.49. The number of aromatic nitrogens is 2. The summed E-state index contributed by atoms with van der Waals surface area (Å²) in [5.41, 5.74) is 2.29. The molecule has 1 aliphatic carbocycles. The number of nitrogens with one attached hydrogen (secondary N) is 1. The van der Waals surface area contributed by atoms with Crippen LogP contribution >= 0.6 is 11.8 Å². The molecule has 0 unspecified atom stereocenters. The first-order valence-corrected chi connectivity index (χ1v) is 8.45. The van der Waals surface area contributed by atoms with Crippen LogP contribution in [0.4, 0.5) is 5.82 Å². The van der Waals surface area contributed by atoms with E-state index in [1.807, 2.05) is 11.8 Å². The molecule has 0 aliphatic heterocycles. The maximum absolute atomic E-state index is 4.69. The van der Waals surface area contributed by atoms with E-state index < -0.39 is 0 Å². The van der Waals surface area contributed by atoms with Gasteiger partial charge in [-0.05, 0) is 33.1 Å². The molecular formula is C15H25N3S. The van der Waals surface area contributed by atoms with Crippen molar-refractivity contribution in [3.8, 4) is 0 Å². The van der Waals surface area contributed by atoms with Crippen LogP contribution in [0.25, 0.3) is 0 Å². The monoisotopic (exact) mass is 279 g/mol. The number of hydrogen-bond acceptors (Lipinski definition) is 4.